The fourth-order valence-corrected chi connectivity index (χ4v) is 1.53. The largest absolute Gasteiger partial charge is 0.409 e. The molecule has 0 aliphatic rings. The van der Waals surface area contributed by atoms with Crippen LogP contribution in [0.5, 0.6) is 0 Å². The van der Waals surface area contributed by atoms with Crippen molar-refractivity contribution in [1.29, 1.82) is 0 Å². The van der Waals surface area contributed by atoms with Crippen molar-refractivity contribution < 1.29 is 23.2 Å². The molecule has 5 nitrogen and oxygen atoms in total. The normalized spacial score (nSPS) is 12.3. The molecule has 0 aliphatic heterocycles. The van der Waals surface area contributed by atoms with Gasteiger partial charge in [0, 0.05) is 12.0 Å². The van der Waals surface area contributed by atoms with Gasteiger partial charge in [0.05, 0.1) is 17.1 Å². The van der Waals surface area contributed by atoms with E-state index in [4.69, 9.17) is 22.5 Å². The van der Waals surface area contributed by atoms with Crippen molar-refractivity contribution in [3.63, 3.8) is 0 Å². The van der Waals surface area contributed by atoms with Crippen LogP contribution in [0, 0.1) is 0 Å². The van der Waals surface area contributed by atoms with Crippen LogP contribution in [-0.2, 0) is 4.79 Å². The zero-order valence-electron chi connectivity index (χ0n) is 10.0. The van der Waals surface area contributed by atoms with Crippen molar-refractivity contribution in [2.45, 2.75) is 19.0 Å². The van der Waals surface area contributed by atoms with Gasteiger partial charge in [-0.05, 0) is 18.2 Å². The summed E-state index contributed by atoms with van der Waals surface area (Å²) in [7, 11) is 0. The van der Waals surface area contributed by atoms with E-state index >= 15 is 0 Å². The SMILES string of the molecule is N/C(=N/O)c1ccc(NC(=O)CCC(F)(F)F)c(Cl)c1. The number of hydrogen-bond acceptors (Lipinski definition) is 3. The first-order valence-electron chi connectivity index (χ1n) is 5.37. The minimum absolute atomic E-state index is 0.0643. The minimum Gasteiger partial charge on any atom is -0.409 e. The van der Waals surface area contributed by atoms with Gasteiger partial charge in [-0.1, -0.05) is 16.8 Å². The quantitative estimate of drug-likeness (QED) is 0.346. The molecule has 0 spiro atoms. The van der Waals surface area contributed by atoms with Crippen molar-refractivity contribution in [2.24, 2.45) is 10.9 Å². The molecule has 0 heterocycles. The number of rotatable bonds is 4. The molecule has 1 rings (SSSR count). The maximum absolute atomic E-state index is 12.0. The minimum atomic E-state index is -4.39. The van der Waals surface area contributed by atoms with E-state index in [2.05, 4.69) is 10.5 Å². The zero-order valence-corrected chi connectivity index (χ0v) is 10.8. The van der Waals surface area contributed by atoms with E-state index in [0.29, 0.717) is 5.56 Å². The summed E-state index contributed by atoms with van der Waals surface area (Å²) in [6.07, 6.45) is -6.29. The van der Waals surface area contributed by atoms with Crippen LogP contribution >= 0.6 is 11.6 Å². The fourth-order valence-electron chi connectivity index (χ4n) is 1.30. The van der Waals surface area contributed by atoms with Crippen LogP contribution in [0.15, 0.2) is 23.4 Å². The molecule has 1 amide bonds. The van der Waals surface area contributed by atoms with E-state index < -0.39 is 24.9 Å². The lowest BCUT2D eigenvalue weighted by atomic mass is 10.2. The molecule has 1 aromatic rings. The molecule has 4 N–H and O–H groups in total. The number of alkyl halides is 3. The van der Waals surface area contributed by atoms with Gasteiger partial charge in [0.25, 0.3) is 0 Å². The molecule has 20 heavy (non-hydrogen) atoms. The van der Waals surface area contributed by atoms with Crippen LogP contribution in [0.3, 0.4) is 0 Å². The Morgan fingerprint density at radius 1 is 1.45 bits per heavy atom. The van der Waals surface area contributed by atoms with Crippen LogP contribution in [0.25, 0.3) is 0 Å². The highest BCUT2D eigenvalue weighted by Gasteiger charge is 2.27. The average Bonchev–Trinajstić information content (AvgIpc) is 2.37. The monoisotopic (exact) mass is 309 g/mol. The second-order valence-electron chi connectivity index (χ2n) is 3.84. The van der Waals surface area contributed by atoms with E-state index in [9.17, 15) is 18.0 Å². The van der Waals surface area contributed by atoms with Gasteiger partial charge in [-0.3, -0.25) is 4.79 Å². The number of nitrogens with two attached hydrogens (primary N) is 1. The van der Waals surface area contributed by atoms with Gasteiger partial charge >= 0.3 is 6.18 Å². The van der Waals surface area contributed by atoms with Gasteiger partial charge in [0.15, 0.2) is 5.84 Å². The van der Waals surface area contributed by atoms with Crippen LogP contribution < -0.4 is 11.1 Å². The highest BCUT2D eigenvalue weighted by Crippen LogP contribution is 2.25. The lowest BCUT2D eigenvalue weighted by Crippen LogP contribution is -2.17. The molecule has 110 valence electrons. The van der Waals surface area contributed by atoms with Crippen LogP contribution in [0.1, 0.15) is 18.4 Å². The molecule has 0 fully saturated rings. The lowest BCUT2D eigenvalue weighted by Gasteiger charge is -2.09. The molecule has 0 radical (unpaired) electrons. The Morgan fingerprint density at radius 3 is 2.60 bits per heavy atom. The number of carbonyl (C=O) groups excluding carboxylic acids is 1. The predicted octanol–water partition coefficient (Wildman–Crippen LogP) is 2.72. The smallest absolute Gasteiger partial charge is 0.389 e. The molecule has 0 aliphatic carbocycles. The molecule has 1 aromatic carbocycles. The number of nitrogens with one attached hydrogen (secondary N) is 1. The Bertz CT molecular complexity index is 532. The number of oxime groups is 1. The molecule has 0 unspecified atom stereocenters. The summed E-state index contributed by atoms with van der Waals surface area (Å²) in [6.45, 7) is 0. The van der Waals surface area contributed by atoms with Gasteiger partial charge in [0.1, 0.15) is 0 Å². The predicted molar refractivity (Wildman–Crippen MR) is 67.9 cm³/mol. The lowest BCUT2D eigenvalue weighted by molar-refractivity contribution is -0.142. The molecule has 9 heteroatoms. The number of carbonyl (C=O) groups is 1. The molecule has 0 saturated carbocycles. The second kappa shape index (κ2) is 6.47. The van der Waals surface area contributed by atoms with Crippen molar-refractivity contribution >= 4 is 29.0 Å². The number of halogens is 4. The first-order valence-corrected chi connectivity index (χ1v) is 5.75. The summed E-state index contributed by atoms with van der Waals surface area (Å²) in [6, 6.07) is 4.07. The number of amidine groups is 1. The number of benzene rings is 1. The maximum atomic E-state index is 12.0. The van der Waals surface area contributed by atoms with Crippen LogP contribution in [0.4, 0.5) is 18.9 Å². The number of hydrogen-bond donors (Lipinski definition) is 3. The van der Waals surface area contributed by atoms with Gasteiger partial charge in [-0.15, -0.1) is 0 Å². The van der Waals surface area contributed by atoms with E-state index in [1.165, 1.54) is 18.2 Å². The van der Waals surface area contributed by atoms with Crippen molar-refractivity contribution in [3.8, 4) is 0 Å². The van der Waals surface area contributed by atoms with Gasteiger partial charge in [-0.25, -0.2) is 0 Å². The Morgan fingerprint density at radius 2 is 2.10 bits per heavy atom. The third kappa shape index (κ3) is 4.96. The number of anilines is 1. The fraction of sp³-hybridized carbons (Fsp3) is 0.273. The third-order valence-corrected chi connectivity index (χ3v) is 2.59. The van der Waals surface area contributed by atoms with Crippen molar-refractivity contribution in [2.75, 3.05) is 5.32 Å². The second-order valence-corrected chi connectivity index (χ2v) is 4.25. The van der Waals surface area contributed by atoms with Gasteiger partial charge in [-0.2, -0.15) is 13.2 Å². The summed E-state index contributed by atoms with van der Waals surface area (Å²) in [5.41, 5.74) is 5.80. The summed E-state index contributed by atoms with van der Waals surface area (Å²) < 4.78 is 35.9. The summed E-state index contributed by atoms with van der Waals surface area (Å²) >= 11 is 5.84. The van der Waals surface area contributed by atoms with E-state index in [1.807, 2.05) is 0 Å². The van der Waals surface area contributed by atoms with Crippen LogP contribution in [-0.4, -0.2) is 23.1 Å². The average molecular weight is 310 g/mol. The summed E-state index contributed by atoms with van der Waals surface area (Å²) in [5.74, 6) is -0.984. The highest BCUT2D eigenvalue weighted by molar-refractivity contribution is 6.34. The molecule has 0 saturated heterocycles. The van der Waals surface area contributed by atoms with E-state index in [1.54, 1.807) is 0 Å². The first kappa shape index (κ1) is 16.1. The Balaban J connectivity index is 2.72. The number of amides is 1. The van der Waals surface area contributed by atoms with Crippen LogP contribution in [0.2, 0.25) is 5.02 Å². The number of nitrogens with zero attached hydrogens (tertiary/aromatic N) is 1. The summed E-state index contributed by atoms with van der Waals surface area (Å²) in [5, 5.41) is 13.6. The third-order valence-electron chi connectivity index (χ3n) is 2.28. The highest BCUT2D eigenvalue weighted by atomic mass is 35.5. The van der Waals surface area contributed by atoms with E-state index in [-0.39, 0.29) is 16.5 Å². The van der Waals surface area contributed by atoms with Crippen molar-refractivity contribution in [3.05, 3.63) is 28.8 Å². The molecular weight excluding hydrogens is 299 g/mol. The Kier molecular flexibility index (Phi) is 5.20. The Labute approximate surface area is 117 Å². The van der Waals surface area contributed by atoms with Gasteiger partial charge < -0.3 is 16.3 Å². The summed E-state index contributed by atoms with van der Waals surface area (Å²) in [4.78, 5) is 11.3. The molecule has 0 aromatic heterocycles. The zero-order chi connectivity index (χ0) is 15.3. The molecule has 0 atom stereocenters. The Hall–Kier alpha value is -1.96. The van der Waals surface area contributed by atoms with Crippen molar-refractivity contribution in [1.82, 2.24) is 0 Å². The first-order chi connectivity index (χ1) is 9.23. The standard InChI is InChI=1S/C11H11ClF3N3O2/c12-7-5-6(10(16)18-20)1-2-8(7)17-9(19)3-4-11(13,14)15/h1-2,5,20H,3-4H2,(H2,16,18)(H,17,19). The van der Waals surface area contributed by atoms with Gasteiger partial charge in [0.2, 0.25) is 5.91 Å². The maximum Gasteiger partial charge on any atom is 0.389 e. The topological polar surface area (TPSA) is 87.7 Å². The van der Waals surface area contributed by atoms with E-state index in [0.717, 1.165) is 0 Å². The molecular formula is C11H11ClF3N3O2. The molecule has 0 bridgehead atoms.